The zero-order valence-corrected chi connectivity index (χ0v) is 6.39. The summed E-state index contributed by atoms with van der Waals surface area (Å²) in [5.74, 6) is -0.284. The SMILES string of the molecule is C/C=C(\C)C(=O)OCCN. The summed E-state index contributed by atoms with van der Waals surface area (Å²) in [7, 11) is 0. The standard InChI is InChI=1S/C7H13NO2/c1-3-6(2)7(9)10-5-4-8/h3H,4-5,8H2,1-2H3/b6-3+. The van der Waals surface area contributed by atoms with Gasteiger partial charge >= 0.3 is 5.97 Å². The van der Waals surface area contributed by atoms with E-state index < -0.39 is 0 Å². The Morgan fingerprint density at radius 1 is 1.70 bits per heavy atom. The quantitative estimate of drug-likeness (QED) is 0.461. The van der Waals surface area contributed by atoms with Gasteiger partial charge in [0.2, 0.25) is 0 Å². The molecule has 0 rings (SSSR count). The van der Waals surface area contributed by atoms with Crippen molar-refractivity contribution in [3.63, 3.8) is 0 Å². The summed E-state index contributed by atoms with van der Waals surface area (Å²) < 4.78 is 4.71. The van der Waals surface area contributed by atoms with Gasteiger partial charge in [0.05, 0.1) is 0 Å². The lowest BCUT2D eigenvalue weighted by molar-refractivity contribution is -0.138. The summed E-state index contributed by atoms with van der Waals surface area (Å²) >= 11 is 0. The normalized spacial score (nSPS) is 11.3. The molecule has 0 saturated carbocycles. The number of ether oxygens (including phenoxy) is 1. The molecular formula is C7H13NO2. The van der Waals surface area contributed by atoms with Crippen LogP contribution >= 0.6 is 0 Å². The predicted molar refractivity (Wildman–Crippen MR) is 39.4 cm³/mol. The molecule has 0 heterocycles. The van der Waals surface area contributed by atoms with Gasteiger partial charge in [0, 0.05) is 12.1 Å². The zero-order valence-electron chi connectivity index (χ0n) is 6.39. The van der Waals surface area contributed by atoms with E-state index in [1.807, 2.05) is 0 Å². The Kier molecular flexibility index (Phi) is 4.58. The minimum absolute atomic E-state index is 0.284. The van der Waals surface area contributed by atoms with Crippen LogP contribution in [0.5, 0.6) is 0 Å². The van der Waals surface area contributed by atoms with Gasteiger partial charge in [-0.15, -0.1) is 0 Å². The fourth-order valence-electron chi connectivity index (χ4n) is 0.383. The van der Waals surface area contributed by atoms with E-state index in [4.69, 9.17) is 10.5 Å². The zero-order chi connectivity index (χ0) is 7.98. The Balaban J connectivity index is 3.63. The highest BCUT2D eigenvalue weighted by atomic mass is 16.5. The maximum atomic E-state index is 10.8. The fraction of sp³-hybridized carbons (Fsp3) is 0.571. The maximum absolute atomic E-state index is 10.8. The third kappa shape index (κ3) is 3.25. The average molecular weight is 143 g/mol. The first-order chi connectivity index (χ1) is 4.72. The Bertz CT molecular complexity index is 141. The van der Waals surface area contributed by atoms with Crippen molar-refractivity contribution in [2.24, 2.45) is 5.73 Å². The molecule has 0 bridgehead atoms. The molecule has 0 amide bonds. The second kappa shape index (κ2) is 4.99. The minimum atomic E-state index is -0.284. The Labute approximate surface area is 60.9 Å². The van der Waals surface area contributed by atoms with Crippen molar-refractivity contribution in [1.82, 2.24) is 0 Å². The van der Waals surface area contributed by atoms with Gasteiger partial charge in [0.1, 0.15) is 6.61 Å². The van der Waals surface area contributed by atoms with Gasteiger partial charge < -0.3 is 10.5 Å². The first-order valence-electron chi connectivity index (χ1n) is 3.22. The molecule has 0 radical (unpaired) electrons. The number of esters is 1. The fourth-order valence-corrected chi connectivity index (χ4v) is 0.383. The van der Waals surface area contributed by atoms with Crippen LogP contribution in [0.1, 0.15) is 13.8 Å². The van der Waals surface area contributed by atoms with E-state index >= 15 is 0 Å². The van der Waals surface area contributed by atoms with Crippen molar-refractivity contribution >= 4 is 5.97 Å². The van der Waals surface area contributed by atoms with Crippen LogP contribution in [-0.4, -0.2) is 19.1 Å². The van der Waals surface area contributed by atoms with Gasteiger partial charge in [-0.3, -0.25) is 0 Å². The largest absolute Gasteiger partial charge is 0.461 e. The lowest BCUT2D eigenvalue weighted by Gasteiger charge is -2.00. The summed E-state index contributed by atoms with van der Waals surface area (Å²) in [6.07, 6.45) is 1.71. The molecule has 0 atom stereocenters. The van der Waals surface area contributed by atoms with Crippen LogP contribution in [0.15, 0.2) is 11.6 Å². The first kappa shape index (κ1) is 9.17. The van der Waals surface area contributed by atoms with Crippen molar-refractivity contribution in [1.29, 1.82) is 0 Å². The smallest absolute Gasteiger partial charge is 0.333 e. The van der Waals surface area contributed by atoms with Gasteiger partial charge in [0.15, 0.2) is 0 Å². The van der Waals surface area contributed by atoms with Crippen molar-refractivity contribution < 1.29 is 9.53 Å². The number of carbonyl (C=O) groups is 1. The first-order valence-corrected chi connectivity index (χ1v) is 3.22. The molecule has 0 aliphatic carbocycles. The molecule has 0 aliphatic rings. The summed E-state index contributed by atoms with van der Waals surface area (Å²) in [6, 6.07) is 0. The summed E-state index contributed by atoms with van der Waals surface area (Å²) in [6.45, 7) is 4.17. The molecule has 0 aromatic rings. The molecule has 0 saturated heterocycles. The second-order valence-corrected chi connectivity index (χ2v) is 1.90. The van der Waals surface area contributed by atoms with E-state index in [-0.39, 0.29) is 5.97 Å². The molecule has 58 valence electrons. The monoisotopic (exact) mass is 143 g/mol. The molecule has 0 aromatic carbocycles. The summed E-state index contributed by atoms with van der Waals surface area (Å²) in [4.78, 5) is 10.8. The van der Waals surface area contributed by atoms with Crippen molar-refractivity contribution in [3.05, 3.63) is 11.6 Å². The molecule has 2 N–H and O–H groups in total. The highest BCUT2D eigenvalue weighted by Gasteiger charge is 2.01. The molecule has 3 nitrogen and oxygen atoms in total. The predicted octanol–water partition coefficient (Wildman–Crippen LogP) is 0.455. The molecule has 10 heavy (non-hydrogen) atoms. The third-order valence-corrected chi connectivity index (χ3v) is 1.11. The Morgan fingerprint density at radius 3 is 2.70 bits per heavy atom. The molecular weight excluding hydrogens is 130 g/mol. The van der Waals surface area contributed by atoms with E-state index in [1.54, 1.807) is 19.9 Å². The van der Waals surface area contributed by atoms with Crippen LogP contribution in [0.3, 0.4) is 0 Å². The number of hydrogen-bond donors (Lipinski definition) is 1. The molecule has 0 spiro atoms. The number of rotatable bonds is 3. The second-order valence-electron chi connectivity index (χ2n) is 1.90. The van der Waals surface area contributed by atoms with Crippen LogP contribution < -0.4 is 5.73 Å². The van der Waals surface area contributed by atoms with Crippen LogP contribution in [0.4, 0.5) is 0 Å². The molecule has 0 unspecified atom stereocenters. The van der Waals surface area contributed by atoms with E-state index in [2.05, 4.69) is 0 Å². The van der Waals surface area contributed by atoms with E-state index in [0.29, 0.717) is 18.7 Å². The Morgan fingerprint density at radius 2 is 2.30 bits per heavy atom. The topological polar surface area (TPSA) is 52.3 Å². The molecule has 3 heteroatoms. The number of hydrogen-bond acceptors (Lipinski definition) is 3. The van der Waals surface area contributed by atoms with Crippen LogP contribution in [0.25, 0.3) is 0 Å². The highest BCUT2D eigenvalue weighted by molar-refractivity contribution is 5.87. The highest BCUT2D eigenvalue weighted by Crippen LogP contribution is 1.94. The summed E-state index contributed by atoms with van der Waals surface area (Å²) in [5, 5.41) is 0. The van der Waals surface area contributed by atoms with Crippen molar-refractivity contribution in [2.45, 2.75) is 13.8 Å². The average Bonchev–Trinajstić information content (AvgIpc) is 1.98. The van der Waals surface area contributed by atoms with Gasteiger partial charge in [-0.25, -0.2) is 4.79 Å². The Hall–Kier alpha value is -0.830. The number of carbonyl (C=O) groups excluding carboxylic acids is 1. The summed E-state index contributed by atoms with van der Waals surface area (Å²) in [5.41, 5.74) is 5.74. The van der Waals surface area contributed by atoms with E-state index in [0.717, 1.165) is 0 Å². The lowest BCUT2D eigenvalue weighted by Crippen LogP contribution is -2.13. The number of allylic oxidation sites excluding steroid dienone is 1. The van der Waals surface area contributed by atoms with Gasteiger partial charge in [-0.05, 0) is 13.8 Å². The van der Waals surface area contributed by atoms with Crippen molar-refractivity contribution in [3.8, 4) is 0 Å². The van der Waals surface area contributed by atoms with Crippen molar-refractivity contribution in [2.75, 3.05) is 13.2 Å². The van der Waals surface area contributed by atoms with Gasteiger partial charge in [0.25, 0.3) is 0 Å². The van der Waals surface area contributed by atoms with Crippen LogP contribution in [-0.2, 0) is 9.53 Å². The lowest BCUT2D eigenvalue weighted by atomic mass is 10.3. The van der Waals surface area contributed by atoms with E-state index in [1.165, 1.54) is 0 Å². The van der Waals surface area contributed by atoms with Gasteiger partial charge in [-0.2, -0.15) is 0 Å². The molecule has 0 fully saturated rings. The van der Waals surface area contributed by atoms with Crippen LogP contribution in [0, 0.1) is 0 Å². The number of nitrogens with two attached hydrogens (primary N) is 1. The van der Waals surface area contributed by atoms with Gasteiger partial charge in [-0.1, -0.05) is 6.08 Å². The molecule has 0 aliphatic heterocycles. The maximum Gasteiger partial charge on any atom is 0.333 e. The van der Waals surface area contributed by atoms with Crippen LogP contribution in [0.2, 0.25) is 0 Å². The van der Waals surface area contributed by atoms with E-state index in [9.17, 15) is 4.79 Å². The minimum Gasteiger partial charge on any atom is -0.461 e. The molecule has 0 aromatic heterocycles. The third-order valence-electron chi connectivity index (χ3n) is 1.11.